The first-order valence-corrected chi connectivity index (χ1v) is 8.10. The van der Waals surface area contributed by atoms with E-state index in [0.717, 1.165) is 25.2 Å². The standard InChI is InChI=1S/C17H27N3O2/c1-4-20-8-7-14-5-6-15(10-16(14)20)19-17(22)18-11-12(2)9-13(3)21/h5-6,10,12-13,21H,4,7-9,11H2,1-3H3,(H2,18,19,22)/t12-,13+/m0/s1. The van der Waals surface area contributed by atoms with Crippen LogP contribution in [0.25, 0.3) is 0 Å². The molecule has 0 fully saturated rings. The summed E-state index contributed by atoms with van der Waals surface area (Å²) in [5.41, 5.74) is 3.39. The molecule has 3 N–H and O–H groups in total. The van der Waals surface area contributed by atoms with E-state index in [1.807, 2.05) is 19.1 Å². The van der Waals surface area contributed by atoms with Crippen molar-refractivity contribution in [2.45, 2.75) is 39.7 Å². The number of benzene rings is 1. The van der Waals surface area contributed by atoms with Crippen molar-refractivity contribution in [1.29, 1.82) is 0 Å². The van der Waals surface area contributed by atoms with E-state index in [4.69, 9.17) is 0 Å². The van der Waals surface area contributed by atoms with Crippen LogP contribution in [-0.4, -0.2) is 36.9 Å². The second-order valence-electron chi connectivity index (χ2n) is 6.20. The Morgan fingerprint density at radius 2 is 2.18 bits per heavy atom. The minimum Gasteiger partial charge on any atom is -0.393 e. The molecule has 0 radical (unpaired) electrons. The van der Waals surface area contributed by atoms with Gasteiger partial charge in [0.05, 0.1) is 6.10 Å². The molecular weight excluding hydrogens is 278 g/mol. The van der Waals surface area contributed by atoms with Crippen LogP contribution in [0, 0.1) is 5.92 Å². The molecule has 0 spiro atoms. The Kier molecular flexibility index (Phi) is 5.66. The lowest BCUT2D eigenvalue weighted by Crippen LogP contribution is -2.33. The molecule has 0 saturated carbocycles. The summed E-state index contributed by atoms with van der Waals surface area (Å²) in [7, 11) is 0. The molecule has 0 aromatic heterocycles. The van der Waals surface area contributed by atoms with Gasteiger partial charge in [-0.25, -0.2) is 4.79 Å². The summed E-state index contributed by atoms with van der Waals surface area (Å²) in [6.45, 7) is 8.52. The first-order valence-electron chi connectivity index (χ1n) is 8.10. The van der Waals surface area contributed by atoms with Crippen molar-refractivity contribution >= 4 is 17.4 Å². The highest BCUT2D eigenvalue weighted by Crippen LogP contribution is 2.30. The fourth-order valence-corrected chi connectivity index (χ4v) is 2.96. The Labute approximate surface area is 132 Å². The van der Waals surface area contributed by atoms with Crippen LogP contribution in [-0.2, 0) is 6.42 Å². The molecule has 0 saturated heterocycles. The van der Waals surface area contributed by atoms with Crippen molar-refractivity contribution < 1.29 is 9.90 Å². The lowest BCUT2D eigenvalue weighted by molar-refractivity contribution is 0.163. The Morgan fingerprint density at radius 3 is 2.86 bits per heavy atom. The molecule has 2 rings (SSSR count). The van der Waals surface area contributed by atoms with Crippen LogP contribution in [0.3, 0.4) is 0 Å². The zero-order valence-corrected chi connectivity index (χ0v) is 13.7. The third kappa shape index (κ3) is 4.37. The summed E-state index contributed by atoms with van der Waals surface area (Å²) in [6, 6.07) is 5.90. The largest absolute Gasteiger partial charge is 0.393 e. The van der Waals surface area contributed by atoms with E-state index in [2.05, 4.69) is 28.5 Å². The topological polar surface area (TPSA) is 64.6 Å². The molecule has 1 aliphatic rings. The number of anilines is 2. The van der Waals surface area contributed by atoms with Crippen molar-refractivity contribution in [3.63, 3.8) is 0 Å². The number of hydrogen-bond acceptors (Lipinski definition) is 3. The molecule has 5 heteroatoms. The molecule has 2 amide bonds. The molecule has 1 aromatic rings. The Bertz CT molecular complexity index is 517. The number of carbonyl (C=O) groups is 1. The quantitative estimate of drug-likeness (QED) is 0.757. The number of nitrogens with one attached hydrogen (secondary N) is 2. The highest BCUT2D eigenvalue weighted by molar-refractivity contribution is 5.90. The molecule has 1 heterocycles. The molecule has 1 aromatic carbocycles. The number of nitrogens with zero attached hydrogens (tertiary/aromatic N) is 1. The minimum absolute atomic E-state index is 0.196. The summed E-state index contributed by atoms with van der Waals surface area (Å²) in [6.07, 6.45) is 1.42. The van der Waals surface area contributed by atoms with Gasteiger partial charge in [-0.1, -0.05) is 13.0 Å². The molecule has 1 aliphatic heterocycles. The maximum Gasteiger partial charge on any atom is 0.319 e. The SMILES string of the molecule is CCN1CCc2ccc(NC(=O)NC[C@@H](C)C[C@@H](C)O)cc21. The summed E-state index contributed by atoms with van der Waals surface area (Å²) >= 11 is 0. The van der Waals surface area contributed by atoms with Crippen LogP contribution in [0.15, 0.2) is 18.2 Å². The lowest BCUT2D eigenvalue weighted by Gasteiger charge is -2.18. The number of carbonyl (C=O) groups excluding carboxylic acids is 1. The zero-order chi connectivity index (χ0) is 16.1. The van der Waals surface area contributed by atoms with Crippen LogP contribution in [0.1, 0.15) is 32.8 Å². The van der Waals surface area contributed by atoms with Gasteiger partial charge in [-0.15, -0.1) is 0 Å². The van der Waals surface area contributed by atoms with Crippen LogP contribution in [0.4, 0.5) is 16.2 Å². The number of fused-ring (bicyclic) bond motifs is 1. The number of rotatable bonds is 6. The van der Waals surface area contributed by atoms with Crippen molar-refractivity contribution in [3.05, 3.63) is 23.8 Å². The van der Waals surface area contributed by atoms with E-state index in [9.17, 15) is 9.90 Å². The van der Waals surface area contributed by atoms with E-state index in [0.29, 0.717) is 13.0 Å². The summed E-state index contributed by atoms with van der Waals surface area (Å²) in [5, 5.41) is 15.1. The number of likely N-dealkylation sites (N-methyl/N-ethyl adjacent to an activating group) is 1. The summed E-state index contributed by atoms with van der Waals surface area (Å²) in [4.78, 5) is 14.3. The van der Waals surface area contributed by atoms with Crippen LogP contribution >= 0.6 is 0 Å². The summed E-state index contributed by atoms with van der Waals surface area (Å²) < 4.78 is 0. The van der Waals surface area contributed by atoms with Crippen molar-refractivity contribution in [1.82, 2.24) is 5.32 Å². The number of aliphatic hydroxyl groups is 1. The molecule has 0 bridgehead atoms. The predicted octanol–water partition coefficient (Wildman–Crippen LogP) is 2.60. The number of hydrogen-bond donors (Lipinski definition) is 3. The van der Waals surface area contributed by atoms with Gasteiger partial charge in [-0.3, -0.25) is 0 Å². The smallest absolute Gasteiger partial charge is 0.319 e. The molecular formula is C17H27N3O2. The average Bonchev–Trinajstić information content (AvgIpc) is 2.86. The normalized spacial score (nSPS) is 16.1. The van der Waals surface area contributed by atoms with Gasteiger partial charge < -0.3 is 20.6 Å². The minimum atomic E-state index is -0.336. The number of amides is 2. The predicted molar refractivity (Wildman–Crippen MR) is 90.5 cm³/mol. The Hall–Kier alpha value is -1.75. The van der Waals surface area contributed by atoms with Crippen molar-refractivity contribution in [2.24, 2.45) is 5.92 Å². The van der Waals surface area contributed by atoms with Gasteiger partial charge in [0.25, 0.3) is 0 Å². The fourth-order valence-electron chi connectivity index (χ4n) is 2.96. The maximum absolute atomic E-state index is 12.0. The highest BCUT2D eigenvalue weighted by Gasteiger charge is 2.18. The van der Waals surface area contributed by atoms with Gasteiger partial charge in [0.2, 0.25) is 0 Å². The molecule has 0 unspecified atom stereocenters. The fraction of sp³-hybridized carbons (Fsp3) is 0.588. The monoisotopic (exact) mass is 305 g/mol. The number of urea groups is 1. The summed E-state index contributed by atoms with van der Waals surface area (Å²) in [5.74, 6) is 0.251. The van der Waals surface area contributed by atoms with Crippen molar-refractivity contribution in [2.75, 3.05) is 29.9 Å². The van der Waals surface area contributed by atoms with Crippen LogP contribution in [0.2, 0.25) is 0 Å². The van der Waals surface area contributed by atoms with E-state index < -0.39 is 0 Å². The van der Waals surface area contributed by atoms with Gasteiger partial charge in [0, 0.05) is 31.0 Å². The van der Waals surface area contributed by atoms with Gasteiger partial charge in [0.1, 0.15) is 0 Å². The maximum atomic E-state index is 12.0. The molecule has 22 heavy (non-hydrogen) atoms. The number of aliphatic hydroxyl groups excluding tert-OH is 1. The van der Waals surface area contributed by atoms with E-state index in [-0.39, 0.29) is 18.1 Å². The van der Waals surface area contributed by atoms with Gasteiger partial charge >= 0.3 is 6.03 Å². The molecule has 2 atom stereocenters. The lowest BCUT2D eigenvalue weighted by atomic mass is 10.1. The average molecular weight is 305 g/mol. The van der Waals surface area contributed by atoms with Gasteiger partial charge in [-0.05, 0) is 50.3 Å². The first kappa shape index (κ1) is 16.6. The molecule has 122 valence electrons. The van der Waals surface area contributed by atoms with Crippen molar-refractivity contribution in [3.8, 4) is 0 Å². The Balaban J connectivity index is 1.87. The second kappa shape index (κ2) is 7.49. The first-order chi connectivity index (χ1) is 10.5. The molecule has 5 nitrogen and oxygen atoms in total. The van der Waals surface area contributed by atoms with Crippen LogP contribution < -0.4 is 15.5 Å². The van der Waals surface area contributed by atoms with E-state index >= 15 is 0 Å². The third-order valence-electron chi connectivity index (χ3n) is 4.07. The highest BCUT2D eigenvalue weighted by atomic mass is 16.3. The van der Waals surface area contributed by atoms with Gasteiger partial charge in [0.15, 0.2) is 0 Å². The Morgan fingerprint density at radius 1 is 1.41 bits per heavy atom. The zero-order valence-electron chi connectivity index (χ0n) is 13.7. The molecule has 0 aliphatic carbocycles. The van der Waals surface area contributed by atoms with E-state index in [1.165, 1.54) is 11.3 Å². The van der Waals surface area contributed by atoms with Gasteiger partial charge in [-0.2, -0.15) is 0 Å². The van der Waals surface area contributed by atoms with Crippen LogP contribution in [0.5, 0.6) is 0 Å². The second-order valence-corrected chi connectivity index (χ2v) is 6.20. The third-order valence-corrected chi connectivity index (χ3v) is 4.07. The van der Waals surface area contributed by atoms with E-state index in [1.54, 1.807) is 6.92 Å².